The molecule has 0 unspecified atom stereocenters. The number of aromatic nitrogens is 4. The van der Waals surface area contributed by atoms with Crippen LogP contribution in [0.2, 0.25) is 0 Å². The summed E-state index contributed by atoms with van der Waals surface area (Å²) in [6, 6.07) is 1.81. The number of hydrogen-bond acceptors (Lipinski definition) is 5. The molecule has 3 aliphatic carbocycles. The fraction of sp³-hybridized carbons (Fsp3) is 0.400. The minimum atomic E-state index is -0.790. The molecule has 29 heavy (non-hydrogen) atoms. The molecule has 3 fully saturated rings. The summed E-state index contributed by atoms with van der Waals surface area (Å²) in [6.07, 6.45) is 6.84. The Balaban J connectivity index is 1.49. The number of nitrogens with zero attached hydrogens (tertiary/aromatic N) is 3. The first-order chi connectivity index (χ1) is 14.0. The van der Waals surface area contributed by atoms with Crippen molar-refractivity contribution in [3.8, 4) is 11.4 Å². The van der Waals surface area contributed by atoms with Gasteiger partial charge in [-0.2, -0.15) is 5.10 Å². The number of halogens is 2. The molecule has 2 atom stereocenters. The summed E-state index contributed by atoms with van der Waals surface area (Å²) >= 11 is 0. The fourth-order valence-electron chi connectivity index (χ4n) is 5.01. The molecule has 3 aliphatic rings. The van der Waals surface area contributed by atoms with Crippen LogP contribution >= 0.6 is 0 Å². The monoisotopic (exact) mass is 399 g/mol. The van der Waals surface area contributed by atoms with Gasteiger partial charge < -0.3 is 15.4 Å². The molecule has 0 aliphatic heterocycles. The van der Waals surface area contributed by atoms with Gasteiger partial charge in [0.05, 0.1) is 17.6 Å². The third kappa shape index (κ3) is 3.01. The average molecular weight is 399 g/mol. The molecule has 0 amide bonds. The number of aliphatic carboxylic acids is 1. The highest BCUT2D eigenvalue weighted by molar-refractivity contribution is 5.94. The Morgan fingerprint density at radius 1 is 1.17 bits per heavy atom. The Kier molecular flexibility index (Phi) is 4.18. The van der Waals surface area contributed by atoms with Crippen LogP contribution in [0, 0.1) is 29.4 Å². The highest BCUT2D eigenvalue weighted by Crippen LogP contribution is 2.46. The summed E-state index contributed by atoms with van der Waals surface area (Å²) in [5.41, 5.74) is 0.591. The van der Waals surface area contributed by atoms with Gasteiger partial charge in [-0.1, -0.05) is 0 Å². The quantitative estimate of drug-likeness (QED) is 0.619. The molecule has 2 aromatic heterocycles. The maximum atomic E-state index is 14.0. The second kappa shape index (κ2) is 6.75. The number of hydrogen-bond donors (Lipinski definition) is 3. The number of benzene rings is 1. The fourth-order valence-corrected chi connectivity index (χ4v) is 5.01. The van der Waals surface area contributed by atoms with Crippen LogP contribution in [0.3, 0.4) is 0 Å². The van der Waals surface area contributed by atoms with Gasteiger partial charge in [0.15, 0.2) is 5.82 Å². The standard InChI is InChI=1S/C20H19F2N5O2/c21-11-5-12-13(7-23-18(12)14(22)6-11)19-26-15(8-24-27-19)25-17-10-3-1-9(2-4-10)16(17)20(28)29/h5-10,16-17,23H,1-4H2,(H,28,29)(H,25,26,27)/t9?,10?,16-,17-/m0/s1. The van der Waals surface area contributed by atoms with Crippen molar-refractivity contribution in [2.75, 3.05) is 5.32 Å². The molecule has 3 saturated carbocycles. The number of anilines is 1. The zero-order chi connectivity index (χ0) is 20.1. The Labute approximate surface area is 164 Å². The van der Waals surface area contributed by atoms with Crippen LogP contribution in [-0.4, -0.2) is 37.3 Å². The van der Waals surface area contributed by atoms with Crippen molar-refractivity contribution >= 4 is 22.7 Å². The molecule has 150 valence electrons. The van der Waals surface area contributed by atoms with E-state index in [1.807, 2.05) is 0 Å². The molecule has 2 heterocycles. The number of fused-ring (bicyclic) bond motifs is 4. The first-order valence-corrected chi connectivity index (χ1v) is 9.67. The molecule has 2 bridgehead atoms. The third-order valence-electron chi connectivity index (χ3n) is 6.32. The molecule has 1 aromatic carbocycles. The van der Waals surface area contributed by atoms with Crippen molar-refractivity contribution in [1.29, 1.82) is 0 Å². The lowest BCUT2D eigenvalue weighted by Crippen LogP contribution is -2.51. The van der Waals surface area contributed by atoms with Gasteiger partial charge in [-0.3, -0.25) is 4.79 Å². The number of H-pyrrole nitrogens is 1. The van der Waals surface area contributed by atoms with Crippen LogP contribution in [-0.2, 0) is 4.79 Å². The van der Waals surface area contributed by atoms with Gasteiger partial charge in [-0.25, -0.2) is 13.8 Å². The maximum Gasteiger partial charge on any atom is 0.308 e. The summed E-state index contributed by atoms with van der Waals surface area (Å²) in [5.74, 6) is -1.58. The Morgan fingerprint density at radius 2 is 1.93 bits per heavy atom. The highest BCUT2D eigenvalue weighted by Gasteiger charge is 2.47. The predicted octanol–water partition coefficient (Wildman–Crippen LogP) is 3.60. The van der Waals surface area contributed by atoms with Gasteiger partial charge in [-0.05, 0) is 43.6 Å². The van der Waals surface area contributed by atoms with E-state index in [9.17, 15) is 18.7 Å². The molecule has 0 saturated heterocycles. The number of carboxylic acid groups (broad SMARTS) is 1. The van der Waals surface area contributed by atoms with Crippen LogP contribution in [0.25, 0.3) is 22.3 Å². The van der Waals surface area contributed by atoms with Crippen LogP contribution in [0.15, 0.2) is 24.5 Å². The lowest BCUT2D eigenvalue weighted by atomic mass is 9.61. The van der Waals surface area contributed by atoms with E-state index in [4.69, 9.17) is 0 Å². The van der Waals surface area contributed by atoms with Gasteiger partial charge in [0.2, 0.25) is 0 Å². The van der Waals surface area contributed by atoms with E-state index in [0.717, 1.165) is 31.7 Å². The minimum Gasteiger partial charge on any atom is -0.481 e. The average Bonchev–Trinajstić information content (AvgIpc) is 3.13. The van der Waals surface area contributed by atoms with E-state index < -0.39 is 23.5 Å². The highest BCUT2D eigenvalue weighted by atomic mass is 19.1. The Bertz CT molecular complexity index is 1090. The number of nitrogens with one attached hydrogen (secondary N) is 2. The normalized spacial score (nSPS) is 26.0. The topological polar surface area (TPSA) is 104 Å². The number of carboxylic acids is 1. The van der Waals surface area contributed by atoms with E-state index in [1.54, 1.807) is 0 Å². The van der Waals surface area contributed by atoms with Crippen molar-refractivity contribution in [1.82, 2.24) is 20.2 Å². The SMILES string of the molecule is O=C(O)[C@H]1C2CCC(CC2)[C@@H]1Nc1cnnc(-c2c[nH]c3c(F)cc(F)cc23)n1. The van der Waals surface area contributed by atoms with Crippen LogP contribution in [0.1, 0.15) is 25.7 Å². The molecule has 7 nitrogen and oxygen atoms in total. The van der Waals surface area contributed by atoms with E-state index >= 15 is 0 Å². The van der Waals surface area contributed by atoms with Crippen LogP contribution in [0.5, 0.6) is 0 Å². The molecule has 0 radical (unpaired) electrons. The van der Waals surface area contributed by atoms with Crippen molar-refractivity contribution < 1.29 is 18.7 Å². The molecule has 6 rings (SSSR count). The van der Waals surface area contributed by atoms with Gasteiger partial charge >= 0.3 is 5.97 Å². The number of aromatic amines is 1. The molecule has 3 N–H and O–H groups in total. The van der Waals surface area contributed by atoms with Crippen LogP contribution in [0.4, 0.5) is 14.6 Å². The summed E-state index contributed by atoms with van der Waals surface area (Å²) in [7, 11) is 0. The number of carbonyl (C=O) groups is 1. The van der Waals surface area contributed by atoms with E-state index in [0.29, 0.717) is 16.8 Å². The summed E-state index contributed by atoms with van der Waals surface area (Å²) in [5, 5.41) is 21.3. The lowest BCUT2D eigenvalue weighted by molar-refractivity contribution is -0.148. The first-order valence-electron chi connectivity index (χ1n) is 9.67. The zero-order valence-electron chi connectivity index (χ0n) is 15.4. The van der Waals surface area contributed by atoms with E-state index in [1.165, 1.54) is 18.5 Å². The van der Waals surface area contributed by atoms with Gasteiger partial charge in [0, 0.05) is 29.3 Å². The molecule has 9 heteroatoms. The second-order valence-electron chi connectivity index (χ2n) is 7.89. The van der Waals surface area contributed by atoms with E-state index in [-0.39, 0.29) is 29.2 Å². The smallest absolute Gasteiger partial charge is 0.308 e. The largest absolute Gasteiger partial charge is 0.481 e. The van der Waals surface area contributed by atoms with E-state index in [2.05, 4.69) is 25.5 Å². The summed E-state index contributed by atoms with van der Waals surface area (Å²) < 4.78 is 27.7. The maximum absolute atomic E-state index is 14.0. The number of rotatable bonds is 4. The van der Waals surface area contributed by atoms with Crippen molar-refractivity contribution in [2.45, 2.75) is 31.7 Å². The van der Waals surface area contributed by atoms with Gasteiger partial charge in [0.1, 0.15) is 17.5 Å². The van der Waals surface area contributed by atoms with Gasteiger partial charge in [0.25, 0.3) is 0 Å². The predicted molar refractivity (Wildman–Crippen MR) is 101 cm³/mol. The first kappa shape index (κ1) is 18.0. The Morgan fingerprint density at radius 3 is 2.69 bits per heavy atom. The lowest BCUT2D eigenvalue weighted by Gasteiger charge is -2.47. The molecular weight excluding hydrogens is 380 g/mol. The second-order valence-corrected chi connectivity index (χ2v) is 7.89. The summed E-state index contributed by atoms with van der Waals surface area (Å²) in [6.45, 7) is 0. The molecular formula is C20H19F2N5O2. The van der Waals surface area contributed by atoms with Gasteiger partial charge in [-0.15, -0.1) is 5.10 Å². The van der Waals surface area contributed by atoms with Crippen molar-refractivity contribution in [3.05, 3.63) is 36.2 Å². The zero-order valence-corrected chi connectivity index (χ0v) is 15.4. The Hall–Kier alpha value is -3.10. The molecule has 0 spiro atoms. The summed E-state index contributed by atoms with van der Waals surface area (Å²) in [4.78, 5) is 19.1. The molecule has 3 aromatic rings. The third-order valence-corrected chi connectivity index (χ3v) is 6.32. The van der Waals surface area contributed by atoms with Crippen molar-refractivity contribution in [3.63, 3.8) is 0 Å². The van der Waals surface area contributed by atoms with Crippen LogP contribution < -0.4 is 5.32 Å². The van der Waals surface area contributed by atoms with Crippen molar-refractivity contribution in [2.24, 2.45) is 17.8 Å². The minimum absolute atomic E-state index is 0.166.